The van der Waals surface area contributed by atoms with Gasteiger partial charge >= 0.3 is 0 Å². The Bertz CT molecular complexity index is 754. The molecular weight excluding hydrogens is 338 g/mol. The van der Waals surface area contributed by atoms with Crippen molar-refractivity contribution >= 4 is 29.0 Å². The number of amides is 1. The number of hydrogen-bond acceptors (Lipinski definition) is 4. The molecule has 0 unspecified atom stereocenters. The highest BCUT2D eigenvalue weighted by atomic mass is 32.2. The third kappa shape index (κ3) is 4.97. The SMILES string of the molecule is O=C(CCSc1ccccc1)NCCn1ccc(-c2ccsc2)n1. The molecule has 4 nitrogen and oxygen atoms in total. The van der Waals surface area contributed by atoms with Gasteiger partial charge in [-0.3, -0.25) is 9.48 Å². The lowest BCUT2D eigenvalue weighted by Crippen LogP contribution is -2.27. The first kappa shape index (κ1) is 16.8. The first-order valence-electron chi connectivity index (χ1n) is 7.82. The molecule has 0 aliphatic rings. The molecule has 0 fully saturated rings. The number of carbonyl (C=O) groups is 1. The van der Waals surface area contributed by atoms with Crippen LogP contribution in [-0.2, 0) is 11.3 Å². The summed E-state index contributed by atoms with van der Waals surface area (Å²) in [5.74, 6) is 0.878. The summed E-state index contributed by atoms with van der Waals surface area (Å²) in [7, 11) is 0. The van der Waals surface area contributed by atoms with Gasteiger partial charge in [0.15, 0.2) is 0 Å². The number of nitrogens with one attached hydrogen (secondary N) is 1. The molecule has 0 saturated carbocycles. The van der Waals surface area contributed by atoms with Crippen LogP contribution in [0.4, 0.5) is 0 Å². The maximum atomic E-state index is 11.9. The fraction of sp³-hybridized carbons (Fsp3) is 0.222. The Morgan fingerprint density at radius 2 is 2.08 bits per heavy atom. The Morgan fingerprint density at radius 3 is 2.88 bits per heavy atom. The average molecular weight is 358 g/mol. The van der Waals surface area contributed by atoms with E-state index in [4.69, 9.17) is 0 Å². The molecule has 2 heterocycles. The molecule has 0 bridgehead atoms. The number of benzene rings is 1. The predicted molar refractivity (Wildman–Crippen MR) is 100 cm³/mol. The normalized spacial score (nSPS) is 10.7. The van der Waals surface area contributed by atoms with Crippen molar-refractivity contribution in [2.75, 3.05) is 12.3 Å². The van der Waals surface area contributed by atoms with Gasteiger partial charge in [-0.15, -0.1) is 11.8 Å². The molecule has 0 aliphatic heterocycles. The van der Waals surface area contributed by atoms with Crippen molar-refractivity contribution in [1.82, 2.24) is 15.1 Å². The standard InChI is InChI=1S/C18H19N3OS2/c22-18(8-13-24-16-4-2-1-3-5-16)19-9-11-21-10-6-17(20-21)15-7-12-23-14-15/h1-7,10,12,14H,8-9,11,13H2,(H,19,22). The minimum absolute atomic E-state index is 0.0867. The van der Waals surface area contributed by atoms with Crippen molar-refractivity contribution in [3.8, 4) is 11.3 Å². The summed E-state index contributed by atoms with van der Waals surface area (Å²) < 4.78 is 1.87. The summed E-state index contributed by atoms with van der Waals surface area (Å²) in [6.45, 7) is 1.28. The van der Waals surface area contributed by atoms with Gasteiger partial charge < -0.3 is 5.32 Å². The highest BCUT2D eigenvalue weighted by molar-refractivity contribution is 7.99. The molecule has 6 heteroatoms. The minimum Gasteiger partial charge on any atom is -0.354 e. The van der Waals surface area contributed by atoms with Crippen molar-refractivity contribution in [1.29, 1.82) is 0 Å². The van der Waals surface area contributed by atoms with Crippen LogP contribution in [0.15, 0.2) is 64.3 Å². The van der Waals surface area contributed by atoms with E-state index in [0.717, 1.165) is 17.0 Å². The number of rotatable bonds is 8. The Balaban J connectivity index is 1.35. The lowest BCUT2D eigenvalue weighted by molar-refractivity contribution is -0.120. The van der Waals surface area contributed by atoms with Crippen LogP contribution in [0.5, 0.6) is 0 Å². The van der Waals surface area contributed by atoms with E-state index in [9.17, 15) is 4.79 Å². The van der Waals surface area contributed by atoms with Gasteiger partial charge in [0.25, 0.3) is 0 Å². The molecule has 0 saturated heterocycles. The monoisotopic (exact) mass is 357 g/mol. The third-order valence-corrected chi connectivity index (χ3v) is 5.16. The topological polar surface area (TPSA) is 46.9 Å². The first-order valence-corrected chi connectivity index (χ1v) is 9.75. The van der Waals surface area contributed by atoms with Crippen molar-refractivity contribution < 1.29 is 4.79 Å². The van der Waals surface area contributed by atoms with Crippen LogP contribution in [0.25, 0.3) is 11.3 Å². The first-order chi connectivity index (χ1) is 11.8. The second kappa shape index (κ2) is 8.70. The molecule has 124 valence electrons. The number of thiophene rings is 1. The summed E-state index contributed by atoms with van der Waals surface area (Å²) in [5, 5.41) is 11.6. The van der Waals surface area contributed by atoms with Gasteiger partial charge in [0, 0.05) is 40.8 Å². The van der Waals surface area contributed by atoms with Crippen LogP contribution in [0.3, 0.4) is 0 Å². The summed E-state index contributed by atoms with van der Waals surface area (Å²) in [5.41, 5.74) is 2.11. The molecule has 24 heavy (non-hydrogen) atoms. The highest BCUT2D eigenvalue weighted by Gasteiger charge is 2.04. The van der Waals surface area contributed by atoms with Crippen molar-refractivity contribution in [3.63, 3.8) is 0 Å². The smallest absolute Gasteiger partial charge is 0.220 e. The Hall–Kier alpha value is -2.05. The third-order valence-electron chi connectivity index (χ3n) is 3.46. The van der Waals surface area contributed by atoms with E-state index in [-0.39, 0.29) is 5.91 Å². The van der Waals surface area contributed by atoms with Crippen LogP contribution in [-0.4, -0.2) is 28.0 Å². The quantitative estimate of drug-likeness (QED) is 0.622. The van der Waals surface area contributed by atoms with Crippen LogP contribution in [0.2, 0.25) is 0 Å². The number of carbonyl (C=O) groups excluding carboxylic acids is 1. The zero-order valence-electron chi connectivity index (χ0n) is 13.2. The van der Waals surface area contributed by atoms with E-state index in [2.05, 4.69) is 34.0 Å². The van der Waals surface area contributed by atoms with E-state index < -0.39 is 0 Å². The van der Waals surface area contributed by atoms with E-state index in [1.54, 1.807) is 23.1 Å². The van der Waals surface area contributed by atoms with Crippen LogP contribution < -0.4 is 5.32 Å². The van der Waals surface area contributed by atoms with Gasteiger partial charge in [-0.1, -0.05) is 18.2 Å². The van der Waals surface area contributed by atoms with Crippen LogP contribution in [0.1, 0.15) is 6.42 Å². The fourth-order valence-corrected chi connectivity index (χ4v) is 3.75. The number of thioether (sulfide) groups is 1. The highest BCUT2D eigenvalue weighted by Crippen LogP contribution is 2.19. The van der Waals surface area contributed by atoms with Gasteiger partial charge in [-0.2, -0.15) is 16.4 Å². The van der Waals surface area contributed by atoms with E-state index in [1.165, 1.54) is 4.90 Å². The maximum absolute atomic E-state index is 11.9. The number of nitrogens with zero attached hydrogens (tertiary/aromatic N) is 2. The van der Waals surface area contributed by atoms with Gasteiger partial charge in [0.2, 0.25) is 5.91 Å². The number of aromatic nitrogens is 2. The Kier molecular flexibility index (Phi) is 6.09. The molecule has 2 aromatic heterocycles. The van der Waals surface area contributed by atoms with Crippen molar-refractivity contribution in [3.05, 3.63) is 59.4 Å². The number of hydrogen-bond donors (Lipinski definition) is 1. The molecule has 1 amide bonds. The van der Waals surface area contributed by atoms with E-state index >= 15 is 0 Å². The van der Waals surface area contributed by atoms with E-state index in [1.807, 2.05) is 40.5 Å². The molecule has 3 aromatic rings. The lowest BCUT2D eigenvalue weighted by atomic mass is 10.2. The summed E-state index contributed by atoms with van der Waals surface area (Å²) in [6.07, 6.45) is 2.48. The van der Waals surface area contributed by atoms with Gasteiger partial charge in [-0.05, 0) is 29.6 Å². The molecule has 1 aromatic carbocycles. The average Bonchev–Trinajstić information content (AvgIpc) is 3.27. The predicted octanol–water partition coefficient (Wildman–Crippen LogP) is 3.91. The minimum atomic E-state index is 0.0867. The van der Waals surface area contributed by atoms with Crippen LogP contribution in [0, 0.1) is 0 Å². The summed E-state index contributed by atoms with van der Waals surface area (Å²) in [6, 6.07) is 14.2. The van der Waals surface area contributed by atoms with Gasteiger partial charge in [0.05, 0.1) is 12.2 Å². The largest absolute Gasteiger partial charge is 0.354 e. The second-order valence-corrected chi connectivity index (χ2v) is 7.19. The molecule has 0 radical (unpaired) electrons. The summed E-state index contributed by atoms with van der Waals surface area (Å²) in [4.78, 5) is 13.1. The van der Waals surface area contributed by atoms with Crippen molar-refractivity contribution in [2.45, 2.75) is 17.9 Å². The lowest BCUT2D eigenvalue weighted by Gasteiger charge is -2.05. The summed E-state index contributed by atoms with van der Waals surface area (Å²) >= 11 is 3.37. The molecule has 0 spiro atoms. The van der Waals surface area contributed by atoms with E-state index in [0.29, 0.717) is 19.5 Å². The zero-order valence-corrected chi connectivity index (χ0v) is 14.9. The molecule has 0 atom stereocenters. The van der Waals surface area contributed by atoms with Crippen molar-refractivity contribution in [2.24, 2.45) is 0 Å². The fourth-order valence-electron chi connectivity index (χ4n) is 2.23. The van der Waals surface area contributed by atoms with Crippen LogP contribution >= 0.6 is 23.1 Å². The molecular formula is C18H19N3OS2. The Morgan fingerprint density at radius 1 is 1.21 bits per heavy atom. The maximum Gasteiger partial charge on any atom is 0.220 e. The second-order valence-electron chi connectivity index (χ2n) is 5.24. The Labute approximate surface area is 149 Å². The molecule has 1 N–H and O–H groups in total. The molecule has 0 aliphatic carbocycles. The van der Waals surface area contributed by atoms with Gasteiger partial charge in [-0.25, -0.2) is 0 Å². The molecule has 3 rings (SSSR count). The van der Waals surface area contributed by atoms with Gasteiger partial charge in [0.1, 0.15) is 0 Å². The zero-order chi connectivity index (χ0) is 16.6.